The molecule has 1 aromatic carbocycles. The summed E-state index contributed by atoms with van der Waals surface area (Å²) in [6.07, 6.45) is 0.669. The van der Waals surface area contributed by atoms with Crippen molar-refractivity contribution in [1.82, 2.24) is 25.7 Å². The van der Waals surface area contributed by atoms with Gasteiger partial charge in [-0.15, -0.1) is 11.3 Å². The van der Waals surface area contributed by atoms with Gasteiger partial charge in [0.2, 0.25) is 0 Å². The summed E-state index contributed by atoms with van der Waals surface area (Å²) < 4.78 is 1.92. The number of para-hydroxylation sites is 1. The van der Waals surface area contributed by atoms with Crippen LogP contribution in [-0.2, 0) is 0 Å². The molecule has 3 aromatic rings. The summed E-state index contributed by atoms with van der Waals surface area (Å²) in [5, 5.41) is 14.2. The number of benzene rings is 1. The fourth-order valence-electron chi connectivity index (χ4n) is 3.01. The highest BCUT2D eigenvalue weighted by molar-refractivity contribution is 7.20. The van der Waals surface area contributed by atoms with E-state index in [1.54, 1.807) is 0 Å². The van der Waals surface area contributed by atoms with E-state index in [4.69, 9.17) is 5.10 Å². The first-order valence-electron chi connectivity index (χ1n) is 9.89. The monoisotopic (exact) mass is 413 g/mol. The fourth-order valence-corrected chi connectivity index (χ4v) is 4.07. The Morgan fingerprint density at radius 3 is 2.52 bits per heavy atom. The van der Waals surface area contributed by atoms with Gasteiger partial charge in [0.05, 0.1) is 16.3 Å². The number of carbonyl (C=O) groups excluding carboxylic acids is 2. The molecule has 7 nitrogen and oxygen atoms in total. The maximum absolute atomic E-state index is 12.6. The van der Waals surface area contributed by atoms with E-state index >= 15 is 0 Å². The summed E-state index contributed by atoms with van der Waals surface area (Å²) in [6, 6.07) is 11.7. The Balaban J connectivity index is 1.70. The van der Waals surface area contributed by atoms with E-state index in [1.165, 1.54) is 11.3 Å². The summed E-state index contributed by atoms with van der Waals surface area (Å²) >= 11 is 1.45. The van der Waals surface area contributed by atoms with Crippen LogP contribution >= 0.6 is 11.3 Å². The number of rotatable bonds is 8. The third-order valence-corrected chi connectivity index (χ3v) is 5.53. The lowest BCUT2D eigenvalue weighted by Gasteiger charge is -2.06. The predicted molar refractivity (Wildman–Crippen MR) is 117 cm³/mol. The topological polar surface area (TPSA) is 88.1 Å². The Kier molecular flexibility index (Phi) is 6.87. The van der Waals surface area contributed by atoms with Crippen LogP contribution in [0.5, 0.6) is 0 Å². The normalized spacial score (nSPS) is 11.0. The number of thiophene rings is 1. The van der Waals surface area contributed by atoms with E-state index in [0.717, 1.165) is 21.6 Å². The number of hydrogen-bond donors (Lipinski definition) is 3. The quantitative estimate of drug-likeness (QED) is 0.493. The van der Waals surface area contributed by atoms with Crippen LogP contribution in [0, 0.1) is 0 Å². The van der Waals surface area contributed by atoms with Crippen molar-refractivity contribution in [3.63, 3.8) is 0 Å². The molecule has 3 amide bonds. The number of hydrogen-bond acceptors (Lipinski definition) is 4. The van der Waals surface area contributed by atoms with Gasteiger partial charge in [-0.2, -0.15) is 5.10 Å². The molecule has 0 saturated carbocycles. The summed E-state index contributed by atoms with van der Waals surface area (Å²) in [5.41, 5.74) is 1.97. The molecule has 0 unspecified atom stereocenters. The van der Waals surface area contributed by atoms with Crippen molar-refractivity contribution >= 4 is 33.5 Å². The number of carbonyl (C=O) groups is 2. The number of nitrogens with zero attached hydrogens (tertiary/aromatic N) is 2. The molecule has 0 atom stereocenters. The van der Waals surface area contributed by atoms with Crippen LogP contribution in [0.2, 0.25) is 0 Å². The van der Waals surface area contributed by atoms with Gasteiger partial charge in [0.15, 0.2) is 0 Å². The minimum atomic E-state index is -0.185. The molecular weight excluding hydrogens is 386 g/mol. The highest BCUT2D eigenvalue weighted by atomic mass is 32.1. The molecule has 0 spiro atoms. The van der Waals surface area contributed by atoms with Crippen LogP contribution in [0.1, 0.15) is 48.5 Å². The second kappa shape index (κ2) is 9.56. The van der Waals surface area contributed by atoms with Gasteiger partial charge in [-0.1, -0.05) is 32.0 Å². The third kappa shape index (κ3) is 4.95. The van der Waals surface area contributed by atoms with E-state index < -0.39 is 0 Å². The zero-order valence-corrected chi connectivity index (χ0v) is 17.8. The molecule has 2 aromatic heterocycles. The molecule has 0 bridgehead atoms. The molecular formula is C21H27N5O2S. The molecule has 0 aliphatic carbocycles. The minimum absolute atomic E-state index is 0.0986. The molecule has 0 saturated heterocycles. The SMILES string of the molecule is CCNC(=O)NCCCNC(=O)c1cc2c(C(C)C)nn(-c3ccccc3)c2s1. The van der Waals surface area contributed by atoms with E-state index in [-0.39, 0.29) is 17.9 Å². The van der Waals surface area contributed by atoms with Gasteiger partial charge in [0.1, 0.15) is 4.83 Å². The second-order valence-corrected chi connectivity index (χ2v) is 8.04. The van der Waals surface area contributed by atoms with Gasteiger partial charge in [-0.3, -0.25) is 4.79 Å². The third-order valence-electron chi connectivity index (χ3n) is 4.42. The van der Waals surface area contributed by atoms with E-state index in [9.17, 15) is 9.59 Å². The van der Waals surface area contributed by atoms with Crippen molar-refractivity contribution in [2.45, 2.75) is 33.1 Å². The van der Waals surface area contributed by atoms with Crippen LogP contribution in [0.25, 0.3) is 15.9 Å². The Morgan fingerprint density at radius 2 is 1.83 bits per heavy atom. The molecule has 0 aliphatic heterocycles. The van der Waals surface area contributed by atoms with Crippen molar-refractivity contribution in [3.05, 3.63) is 47.0 Å². The van der Waals surface area contributed by atoms with Crippen LogP contribution < -0.4 is 16.0 Å². The van der Waals surface area contributed by atoms with E-state index in [2.05, 4.69) is 29.8 Å². The van der Waals surface area contributed by atoms with Gasteiger partial charge in [0, 0.05) is 25.0 Å². The lowest BCUT2D eigenvalue weighted by Crippen LogP contribution is -2.37. The summed E-state index contributed by atoms with van der Waals surface area (Å²) in [4.78, 5) is 25.6. The summed E-state index contributed by atoms with van der Waals surface area (Å²) in [7, 11) is 0. The molecule has 3 rings (SSSR count). The first kappa shape index (κ1) is 20.9. The lowest BCUT2D eigenvalue weighted by molar-refractivity contribution is 0.0957. The lowest BCUT2D eigenvalue weighted by atomic mass is 10.1. The zero-order chi connectivity index (χ0) is 20.8. The largest absolute Gasteiger partial charge is 0.351 e. The van der Waals surface area contributed by atoms with Crippen molar-refractivity contribution < 1.29 is 9.59 Å². The van der Waals surface area contributed by atoms with Crippen LogP contribution in [0.15, 0.2) is 36.4 Å². The van der Waals surface area contributed by atoms with E-state index in [0.29, 0.717) is 30.9 Å². The molecule has 0 fully saturated rings. The number of aromatic nitrogens is 2. The smallest absolute Gasteiger partial charge is 0.314 e. The summed E-state index contributed by atoms with van der Waals surface area (Å²) in [6.45, 7) is 7.69. The van der Waals surface area contributed by atoms with Crippen molar-refractivity contribution in [2.24, 2.45) is 0 Å². The highest BCUT2D eigenvalue weighted by Gasteiger charge is 2.20. The standard InChI is InChI=1S/C21H27N5O2S/c1-4-22-21(28)24-12-8-11-23-19(27)17-13-16-18(14(2)3)25-26(20(16)29-17)15-9-6-5-7-10-15/h5-7,9-10,13-14H,4,8,11-12H2,1-3H3,(H,23,27)(H2,22,24,28). The van der Waals surface area contributed by atoms with Gasteiger partial charge >= 0.3 is 6.03 Å². The first-order valence-corrected chi connectivity index (χ1v) is 10.7. The maximum atomic E-state index is 12.6. The Morgan fingerprint density at radius 1 is 1.10 bits per heavy atom. The Hall–Kier alpha value is -2.87. The molecule has 0 aliphatic rings. The molecule has 8 heteroatoms. The summed E-state index contributed by atoms with van der Waals surface area (Å²) in [5.74, 6) is 0.159. The van der Waals surface area contributed by atoms with E-state index in [1.807, 2.05) is 48.0 Å². The Bertz CT molecular complexity index is 978. The average Bonchev–Trinajstić information content (AvgIpc) is 3.28. The number of amides is 3. The van der Waals surface area contributed by atoms with Gasteiger partial charge in [-0.25, -0.2) is 9.48 Å². The number of fused-ring (bicyclic) bond motifs is 1. The number of urea groups is 1. The zero-order valence-electron chi connectivity index (χ0n) is 17.0. The van der Waals surface area contributed by atoms with Gasteiger partial charge < -0.3 is 16.0 Å². The van der Waals surface area contributed by atoms with Gasteiger partial charge in [0.25, 0.3) is 5.91 Å². The van der Waals surface area contributed by atoms with Crippen LogP contribution in [0.4, 0.5) is 4.79 Å². The van der Waals surface area contributed by atoms with Crippen molar-refractivity contribution in [2.75, 3.05) is 19.6 Å². The first-order chi connectivity index (χ1) is 14.0. The minimum Gasteiger partial charge on any atom is -0.351 e. The highest BCUT2D eigenvalue weighted by Crippen LogP contribution is 2.33. The molecule has 154 valence electrons. The molecule has 0 radical (unpaired) electrons. The van der Waals surface area contributed by atoms with Crippen molar-refractivity contribution in [3.8, 4) is 5.69 Å². The molecule has 29 heavy (non-hydrogen) atoms. The second-order valence-electron chi connectivity index (χ2n) is 7.01. The van der Waals surface area contributed by atoms with Crippen LogP contribution in [-0.4, -0.2) is 41.4 Å². The number of nitrogens with one attached hydrogen (secondary N) is 3. The molecule has 2 heterocycles. The average molecular weight is 414 g/mol. The molecule has 3 N–H and O–H groups in total. The fraction of sp³-hybridized carbons (Fsp3) is 0.381. The Labute approximate surface area is 174 Å². The predicted octanol–water partition coefficient (Wildman–Crippen LogP) is 3.65. The maximum Gasteiger partial charge on any atom is 0.314 e. The van der Waals surface area contributed by atoms with Gasteiger partial charge in [-0.05, 0) is 37.5 Å². The van der Waals surface area contributed by atoms with Crippen LogP contribution in [0.3, 0.4) is 0 Å². The van der Waals surface area contributed by atoms with Crippen molar-refractivity contribution in [1.29, 1.82) is 0 Å².